The van der Waals surface area contributed by atoms with Gasteiger partial charge in [0.15, 0.2) is 0 Å². The lowest BCUT2D eigenvalue weighted by Gasteiger charge is -2.37. The van der Waals surface area contributed by atoms with Crippen LogP contribution in [0, 0.1) is 0 Å². The quantitative estimate of drug-likeness (QED) is 0.864. The van der Waals surface area contributed by atoms with Gasteiger partial charge in [-0.25, -0.2) is 4.98 Å². The van der Waals surface area contributed by atoms with Crippen LogP contribution < -0.4 is 5.32 Å². The SMILES string of the molecule is Cl.Cl.O=C(c1ccc2ccccc2n1)N1CCN(C2CCNC2)CC1. The van der Waals surface area contributed by atoms with E-state index < -0.39 is 0 Å². The van der Waals surface area contributed by atoms with E-state index in [-0.39, 0.29) is 30.7 Å². The van der Waals surface area contributed by atoms with Gasteiger partial charge < -0.3 is 10.2 Å². The summed E-state index contributed by atoms with van der Waals surface area (Å²) in [6.45, 7) is 5.72. The molecule has 1 N–H and O–H groups in total. The fourth-order valence-corrected chi connectivity index (χ4v) is 3.59. The number of hydrogen-bond acceptors (Lipinski definition) is 4. The first-order chi connectivity index (χ1) is 11.3. The van der Waals surface area contributed by atoms with E-state index in [0.717, 1.165) is 50.2 Å². The van der Waals surface area contributed by atoms with Gasteiger partial charge in [0.1, 0.15) is 5.69 Å². The lowest BCUT2D eigenvalue weighted by molar-refractivity contribution is 0.0579. The van der Waals surface area contributed by atoms with Gasteiger partial charge >= 0.3 is 0 Å². The molecule has 2 fully saturated rings. The molecule has 1 aromatic carbocycles. The number of nitrogens with zero attached hydrogens (tertiary/aromatic N) is 3. The molecular weight excluding hydrogens is 359 g/mol. The molecule has 1 atom stereocenters. The topological polar surface area (TPSA) is 48.5 Å². The van der Waals surface area contributed by atoms with Crippen molar-refractivity contribution in [3.63, 3.8) is 0 Å². The third-order valence-corrected chi connectivity index (χ3v) is 4.97. The lowest BCUT2D eigenvalue weighted by Crippen LogP contribution is -2.52. The molecule has 0 bridgehead atoms. The van der Waals surface area contributed by atoms with E-state index in [1.165, 1.54) is 6.42 Å². The second-order valence-electron chi connectivity index (χ2n) is 6.36. The Morgan fingerprint density at radius 2 is 1.80 bits per heavy atom. The van der Waals surface area contributed by atoms with Crippen LogP contribution in [0.25, 0.3) is 10.9 Å². The molecule has 0 radical (unpaired) electrons. The van der Waals surface area contributed by atoms with Gasteiger partial charge in [0.2, 0.25) is 0 Å². The zero-order chi connectivity index (χ0) is 15.6. The minimum Gasteiger partial charge on any atom is -0.335 e. The van der Waals surface area contributed by atoms with Crippen molar-refractivity contribution in [2.75, 3.05) is 39.3 Å². The van der Waals surface area contributed by atoms with Crippen molar-refractivity contribution in [1.82, 2.24) is 20.1 Å². The summed E-state index contributed by atoms with van der Waals surface area (Å²) in [5, 5.41) is 4.49. The summed E-state index contributed by atoms with van der Waals surface area (Å²) in [4.78, 5) is 21.7. The van der Waals surface area contributed by atoms with Crippen LogP contribution in [0.1, 0.15) is 16.9 Å². The number of piperazine rings is 1. The van der Waals surface area contributed by atoms with Crippen molar-refractivity contribution in [1.29, 1.82) is 0 Å². The van der Waals surface area contributed by atoms with Crippen molar-refractivity contribution in [3.8, 4) is 0 Å². The number of hydrogen-bond donors (Lipinski definition) is 1. The van der Waals surface area contributed by atoms with Crippen LogP contribution in [-0.2, 0) is 0 Å². The Labute approximate surface area is 160 Å². The Hall–Kier alpha value is -1.40. The van der Waals surface area contributed by atoms with E-state index in [9.17, 15) is 4.79 Å². The summed E-state index contributed by atoms with van der Waals surface area (Å²) in [7, 11) is 0. The molecule has 25 heavy (non-hydrogen) atoms. The van der Waals surface area contributed by atoms with Gasteiger partial charge in [-0.3, -0.25) is 9.69 Å². The monoisotopic (exact) mass is 382 g/mol. The number of benzene rings is 1. The minimum absolute atomic E-state index is 0. The number of pyridine rings is 1. The van der Waals surface area contributed by atoms with Gasteiger partial charge in [-0.05, 0) is 25.1 Å². The van der Waals surface area contributed by atoms with Gasteiger partial charge in [0.25, 0.3) is 5.91 Å². The summed E-state index contributed by atoms with van der Waals surface area (Å²) < 4.78 is 0. The van der Waals surface area contributed by atoms with Crippen molar-refractivity contribution < 1.29 is 4.79 Å². The number of para-hydroxylation sites is 1. The van der Waals surface area contributed by atoms with Crippen molar-refractivity contribution in [2.45, 2.75) is 12.5 Å². The number of amides is 1. The maximum Gasteiger partial charge on any atom is 0.272 e. The van der Waals surface area contributed by atoms with E-state index in [2.05, 4.69) is 15.2 Å². The highest BCUT2D eigenvalue weighted by Crippen LogP contribution is 2.16. The average Bonchev–Trinajstić information content (AvgIpc) is 3.15. The average molecular weight is 383 g/mol. The van der Waals surface area contributed by atoms with Gasteiger partial charge in [-0.2, -0.15) is 0 Å². The van der Waals surface area contributed by atoms with Gasteiger partial charge in [-0.1, -0.05) is 24.3 Å². The fraction of sp³-hybridized carbons (Fsp3) is 0.444. The molecule has 1 amide bonds. The molecule has 0 spiro atoms. The third kappa shape index (κ3) is 4.23. The van der Waals surface area contributed by atoms with Crippen LogP contribution in [0.4, 0.5) is 0 Å². The van der Waals surface area contributed by atoms with Crippen molar-refractivity contribution in [3.05, 3.63) is 42.1 Å². The summed E-state index contributed by atoms with van der Waals surface area (Å²) in [5.74, 6) is 0.0555. The molecule has 1 aromatic heterocycles. The number of nitrogens with one attached hydrogen (secondary N) is 1. The van der Waals surface area contributed by atoms with E-state index >= 15 is 0 Å². The highest BCUT2D eigenvalue weighted by atomic mass is 35.5. The Morgan fingerprint density at radius 1 is 1.04 bits per heavy atom. The molecule has 3 heterocycles. The highest BCUT2D eigenvalue weighted by Gasteiger charge is 2.28. The van der Waals surface area contributed by atoms with Crippen LogP contribution in [0.3, 0.4) is 0 Å². The second-order valence-corrected chi connectivity index (χ2v) is 6.36. The van der Waals surface area contributed by atoms with E-state index in [1.54, 1.807) is 0 Å². The minimum atomic E-state index is 0. The van der Waals surface area contributed by atoms with Crippen LogP contribution >= 0.6 is 24.8 Å². The van der Waals surface area contributed by atoms with Crippen LogP contribution in [0.5, 0.6) is 0 Å². The van der Waals surface area contributed by atoms with E-state index in [4.69, 9.17) is 0 Å². The van der Waals surface area contributed by atoms with Crippen LogP contribution in [-0.4, -0.2) is 66.0 Å². The Morgan fingerprint density at radius 3 is 2.52 bits per heavy atom. The fourth-order valence-electron chi connectivity index (χ4n) is 3.59. The van der Waals surface area contributed by atoms with E-state index in [0.29, 0.717) is 11.7 Å². The largest absolute Gasteiger partial charge is 0.335 e. The first kappa shape index (κ1) is 19.9. The first-order valence-corrected chi connectivity index (χ1v) is 8.41. The van der Waals surface area contributed by atoms with Gasteiger partial charge in [0, 0.05) is 44.2 Å². The lowest BCUT2D eigenvalue weighted by atomic mass is 10.1. The number of carbonyl (C=O) groups excluding carboxylic acids is 1. The molecule has 2 aliphatic heterocycles. The summed E-state index contributed by atoms with van der Waals surface area (Å²) in [6, 6.07) is 12.4. The molecule has 136 valence electrons. The molecule has 2 aliphatic rings. The zero-order valence-corrected chi connectivity index (χ0v) is 15.7. The molecule has 2 saturated heterocycles. The number of halogens is 2. The second kappa shape index (κ2) is 8.81. The molecule has 0 saturated carbocycles. The number of aromatic nitrogens is 1. The number of rotatable bonds is 2. The Kier molecular flexibility index (Phi) is 7.02. The maximum absolute atomic E-state index is 12.7. The first-order valence-electron chi connectivity index (χ1n) is 8.41. The molecule has 7 heteroatoms. The Balaban J connectivity index is 0.00000113. The zero-order valence-electron chi connectivity index (χ0n) is 14.1. The van der Waals surface area contributed by atoms with Crippen molar-refractivity contribution in [2.24, 2.45) is 0 Å². The predicted molar refractivity (Wildman–Crippen MR) is 105 cm³/mol. The predicted octanol–water partition coefficient (Wildman–Crippen LogP) is 2.20. The Bertz CT molecular complexity index is 713. The van der Waals surface area contributed by atoms with E-state index in [1.807, 2.05) is 41.3 Å². The molecule has 2 aromatic rings. The van der Waals surface area contributed by atoms with Crippen LogP contribution in [0.15, 0.2) is 36.4 Å². The standard InChI is InChI=1S/C18H22N4O.2ClH/c23-18(17-6-5-14-3-1-2-4-16(14)20-17)22-11-9-21(10-12-22)15-7-8-19-13-15;;/h1-6,15,19H,7-13H2;2*1H. The third-order valence-electron chi connectivity index (χ3n) is 4.97. The molecular formula is C18H24Cl2N4O. The highest BCUT2D eigenvalue weighted by molar-refractivity contribution is 5.95. The summed E-state index contributed by atoms with van der Waals surface area (Å²) >= 11 is 0. The van der Waals surface area contributed by atoms with Crippen molar-refractivity contribution >= 4 is 41.6 Å². The molecule has 0 aliphatic carbocycles. The van der Waals surface area contributed by atoms with Crippen LogP contribution in [0.2, 0.25) is 0 Å². The molecule has 4 rings (SSSR count). The summed E-state index contributed by atoms with van der Waals surface area (Å²) in [5.41, 5.74) is 1.44. The molecule has 5 nitrogen and oxygen atoms in total. The summed E-state index contributed by atoms with van der Waals surface area (Å²) in [6.07, 6.45) is 1.22. The number of fused-ring (bicyclic) bond motifs is 1. The molecule has 1 unspecified atom stereocenters. The van der Waals surface area contributed by atoms with Gasteiger partial charge in [0.05, 0.1) is 5.52 Å². The maximum atomic E-state index is 12.7. The number of carbonyl (C=O) groups is 1. The normalized spacial score (nSPS) is 20.8. The van der Waals surface area contributed by atoms with Gasteiger partial charge in [-0.15, -0.1) is 24.8 Å². The smallest absolute Gasteiger partial charge is 0.272 e.